The van der Waals surface area contributed by atoms with Gasteiger partial charge >= 0.3 is 0 Å². The Morgan fingerprint density at radius 1 is 1.20 bits per heavy atom. The van der Waals surface area contributed by atoms with Crippen molar-refractivity contribution in [2.45, 2.75) is 0 Å². The van der Waals surface area contributed by atoms with E-state index in [4.69, 9.17) is 4.74 Å². The van der Waals surface area contributed by atoms with Crippen molar-refractivity contribution in [3.05, 3.63) is 72.2 Å². The second-order valence-electron chi connectivity index (χ2n) is 4.08. The number of carbonyl (C=O) groups excluding carboxylic acids is 1. The van der Waals surface area contributed by atoms with Crippen LogP contribution in [0.1, 0.15) is 10.4 Å². The molecule has 2 aromatic rings. The van der Waals surface area contributed by atoms with E-state index in [1.165, 1.54) is 24.4 Å². The van der Waals surface area contributed by atoms with E-state index >= 15 is 0 Å². The van der Waals surface area contributed by atoms with Crippen molar-refractivity contribution in [3.63, 3.8) is 0 Å². The second-order valence-corrected chi connectivity index (χ2v) is 4.08. The van der Waals surface area contributed by atoms with Gasteiger partial charge in [0.05, 0.1) is 7.11 Å². The number of ketones is 1. The maximum Gasteiger partial charge on any atom is 0.187 e. The second kappa shape index (κ2) is 6.52. The minimum absolute atomic E-state index is 0.140. The minimum atomic E-state index is -0.299. The highest BCUT2D eigenvalue weighted by Crippen LogP contribution is 2.13. The highest BCUT2D eigenvalue weighted by molar-refractivity contribution is 6.04. The Morgan fingerprint density at radius 3 is 2.65 bits per heavy atom. The van der Waals surface area contributed by atoms with E-state index < -0.39 is 0 Å². The van der Waals surface area contributed by atoms with E-state index in [1.807, 2.05) is 0 Å². The summed E-state index contributed by atoms with van der Waals surface area (Å²) in [6, 6.07) is 12.8. The van der Waals surface area contributed by atoms with Gasteiger partial charge in [0.25, 0.3) is 0 Å². The first-order valence-corrected chi connectivity index (χ1v) is 6.06. The molecule has 1 N–H and O–H groups in total. The van der Waals surface area contributed by atoms with Crippen LogP contribution in [0.15, 0.2) is 60.8 Å². The Balaban J connectivity index is 2.00. The van der Waals surface area contributed by atoms with Gasteiger partial charge in [-0.1, -0.05) is 12.1 Å². The largest absolute Gasteiger partial charge is 0.497 e. The Hall–Kier alpha value is -2.62. The summed E-state index contributed by atoms with van der Waals surface area (Å²) in [5.41, 5.74) is 1.25. The number of anilines is 1. The number of allylic oxidation sites excluding steroid dienone is 1. The molecule has 0 fully saturated rings. The first kappa shape index (κ1) is 13.8. The molecule has 20 heavy (non-hydrogen) atoms. The number of benzene rings is 2. The summed E-state index contributed by atoms with van der Waals surface area (Å²) < 4.78 is 17.8. The van der Waals surface area contributed by atoms with Gasteiger partial charge < -0.3 is 10.1 Å². The van der Waals surface area contributed by atoms with Crippen molar-refractivity contribution in [3.8, 4) is 5.75 Å². The zero-order valence-corrected chi connectivity index (χ0v) is 11.0. The summed E-state index contributed by atoms with van der Waals surface area (Å²) in [5.74, 6) is 0.196. The van der Waals surface area contributed by atoms with Gasteiger partial charge in [0.1, 0.15) is 11.6 Å². The molecule has 0 saturated carbocycles. The normalized spacial score (nSPS) is 10.5. The third kappa shape index (κ3) is 3.68. The SMILES string of the molecule is COc1cccc(C(=O)C=CNc2ccc(F)cc2)c1. The molecule has 0 spiro atoms. The number of hydrogen-bond acceptors (Lipinski definition) is 3. The van der Waals surface area contributed by atoms with Crippen LogP contribution >= 0.6 is 0 Å². The molecule has 0 saturated heterocycles. The van der Waals surface area contributed by atoms with Gasteiger partial charge in [0.2, 0.25) is 0 Å². The lowest BCUT2D eigenvalue weighted by atomic mass is 10.1. The fourth-order valence-electron chi connectivity index (χ4n) is 1.63. The average Bonchev–Trinajstić information content (AvgIpc) is 2.49. The lowest BCUT2D eigenvalue weighted by molar-refractivity contribution is 0.104. The summed E-state index contributed by atoms with van der Waals surface area (Å²) in [4.78, 5) is 11.9. The highest BCUT2D eigenvalue weighted by atomic mass is 19.1. The molecule has 2 rings (SSSR count). The van der Waals surface area contributed by atoms with Crippen molar-refractivity contribution < 1.29 is 13.9 Å². The molecular weight excluding hydrogens is 257 g/mol. The van der Waals surface area contributed by atoms with Crippen molar-refractivity contribution in [2.24, 2.45) is 0 Å². The van der Waals surface area contributed by atoms with Gasteiger partial charge in [-0.15, -0.1) is 0 Å². The van der Waals surface area contributed by atoms with Crippen LogP contribution < -0.4 is 10.1 Å². The summed E-state index contributed by atoms with van der Waals surface area (Å²) >= 11 is 0. The van der Waals surface area contributed by atoms with Crippen molar-refractivity contribution in [2.75, 3.05) is 12.4 Å². The first-order valence-electron chi connectivity index (χ1n) is 6.06. The summed E-state index contributed by atoms with van der Waals surface area (Å²) in [5, 5.41) is 2.90. The Bertz CT molecular complexity index is 621. The van der Waals surface area contributed by atoms with Gasteiger partial charge in [0.15, 0.2) is 5.78 Å². The molecule has 3 nitrogen and oxygen atoms in total. The topological polar surface area (TPSA) is 38.3 Å². The van der Waals surface area contributed by atoms with Crippen LogP contribution in [0.4, 0.5) is 10.1 Å². The average molecular weight is 271 g/mol. The van der Waals surface area contributed by atoms with E-state index in [0.717, 1.165) is 0 Å². The monoisotopic (exact) mass is 271 g/mol. The van der Waals surface area contributed by atoms with Crippen molar-refractivity contribution in [1.82, 2.24) is 0 Å². The van der Waals surface area contributed by atoms with Crippen LogP contribution in [-0.4, -0.2) is 12.9 Å². The van der Waals surface area contributed by atoms with E-state index in [9.17, 15) is 9.18 Å². The Kier molecular flexibility index (Phi) is 4.50. The maximum absolute atomic E-state index is 12.7. The number of nitrogens with one attached hydrogen (secondary N) is 1. The molecule has 2 aromatic carbocycles. The predicted molar refractivity (Wildman–Crippen MR) is 76.5 cm³/mol. The molecule has 0 aliphatic heterocycles. The van der Waals surface area contributed by atoms with E-state index in [1.54, 1.807) is 43.5 Å². The molecule has 0 radical (unpaired) electrons. The summed E-state index contributed by atoms with van der Waals surface area (Å²) in [6.45, 7) is 0. The standard InChI is InChI=1S/C16H14FNO2/c1-20-15-4-2-3-12(11-15)16(19)9-10-18-14-7-5-13(17)6-8-14/h2-11,18H,1H3. The zero-order chi connectivity index (χ0) is 14.4. The fraction of sp³-hybridized carbons (Fsp3) is 0.0625. The Labute approximate surface area is 116 Å². The smallest absolute Gasteiger partial charge is 0.187 e. The van der Waals surface area contributed by atoms with E-state index in [2.05, 4.69) is 5.32 Å². The van der Waals surface area contributed by atoms with Gasteiger partial charge in [-0.05, 0) is 36.4 Å². The minimum Gasteiger partial charge on any atom is -0.497 e. The molecule has 0 aliphatic carbocycles. The maximum atomic E-state index is 12.7. The molecule has 0 aliphatic rings. The van der Waals surface area contributed by atoms with Crippen LogP contribution in [0.2, 0.25) is 0 Å². The molecule has 0 heterocycles. The fourth-order valence-corrected chi connectivity index (χ4v) is 1.63. The molecule has 0 atom stereocenters. The lowest BCUT2D eigenvalue weighted by Gasteiger charge is -2.02. The number of hydrogen-bond donors (Lipinski definition) is 1. The predicted octanol–water partition coefficient (Wildman–Crippen LogP) is 3.64. The summed E-state index contributed by atoms with van der Waals surface area (Å²) in [7, 11) is 1.55. The highest BCUT2D eigenvalue weighted by Gasteiger charge is 2.02. The van der Waals surface area contributed by atoms with Crippen LogP contribution in [-0.2, 0) is 0 Å². The summed E-state index contributed by atoms with van der Waals surface area (Å²) in [6.07, 6.45) is 2.94. The van der Waals surface area contributed by atoms with Crippen LogP contribution in [0.5, 0.6) is 5.75 Å². The van der Waals surface area contributed by atoms with Crippen molar-refractivity contribution >= 4 is 11.5 Å². The number of ether oxygens (including phenoxy) is 1. The van der Waals surface area contributed by atoms with Gasteiger partial charge in [-0.25, -0.2) is 4.39 Å². The van der Waals surface area contributed by atoms with Gasteiger partial charge in [0, 0.05) is 23.5 Å². The van der Waals surface area contributed by atoms with Gasteiger partial charge in [-0.3, -0.25) is 4.79 Å². The van der Waals surface area contributed by atoms with E-state index in [0.29, 0.717) is 17.0 Å². The third-order valence-electron chi connectivity index (χ3n) is 2.68. The van der Waals surface area contributed by atoms with Crippen LogP contribution in [0, 0.1) is 5.82 Å². The molecule has 0 bridgehead atoms. The van der Waals surface area contributed by atoms with Crippen molar-refractivity contribution in [1.29, 1.82) is 0 Å². The molecular formula is C16H14FNO2. The molecule has 4 heteroatoms. The number of rotatable bonds is 5. The van der Waals surface area contributed by atoms with Gasteiger partial charge in [-0.2, -0.15) is 0 Å². The zero-order valence-electron chi connectivity index (χ0n) is 11.0. The van der Waals surface area contributed by atoms with Crippen LogP contribution in [0.25, 0.3) is 0 Å². The number of methoxy groups -OCH3 is 1. The molecule has 0 unspecified atom stereocenters. The third-order valence-corrected chi connectivity index (χ3v) is 2.68. The van der Waals surface area contributed by atoms with E-state index in [-0.39, 0.29) is 11.6 Å². The first-order chi connectivity index (χ1) is 9.69. The number of carbonyl (C=O) groups is 1. The quantitative estimate of drug-likeness (QED) is 0.666. The number of halogens is 1. The Morgan fingerprint density at radius 2 is 1.95 bits per heavy atom. The molecule has 0 aromatic heterocycles. The van der Waals surface area contributed by atoms with Crippen LogP contribution in [0.3, 0.4) is 0 Å². The molecule has 0 amide bonds. The molecule has 102 valence electrons. The lowest BCUT2D eigenvalue weighted by Crippen LogP contribution is -1.97.